The average molecular weight is 572 g/mol. The third-order valence-electron chi connectivity index (χ3n) is 6.43. The summed E-state index contributed by atoms with van der Waals surface area (Å²) in [4.78, 5) is 24.1. The number of hydrogen-bond donors (Lipinski definition) is 2. The van der Waals surface area contributed by atoms with Gasteiger partial charge in [-0.15, -0.1) is 0 Å². The number of benzene rings is 2. The number of halogens is 1. The first kappa shape index (κ1) is 33.1. The highest BCUT2D eigenvalue weighted by Gasteiger charge is 2.08. The molecule has 0 unspecified atom stereocenters. The summed E-state index contributed by atoms with van der Waals surface area (Å²) in [5.74, 6) is 0.710. The second-order valence-electron chi connectivity index (χ2n) is 9.91. The Balaban J connectivity index is 1.62. The van der Waals surface area contributed by atoms with E-state index in [-0.39, 0.29) is 18.4 Å². The van der Waals surface area contributed by atoms with Crippen LogP contribution in [0.3, 0.4) is 0 Å². The minimum absolute atomic E-state index is 0.101. The summed E-state index contributed by atoms with van der Waals surface area (Å²) in [6.45, 7) is 4.90. The highest BCUT2D eigenvalue weighted by molar-refractivity contribution is 6.30. The van der Waals surface area contributed by atoms with E-state index in [4.69, 9.17) is 21.1 Å². The largest absolute Gasteiger partial charge is 0.490 e. The highest BCUT2D eigenvalue weighted by Crippen LogP contribution is 2.29. The van der Waals surface area contributed by atoms with Crippen LogP contribution in [0.5, 0.6) is 11.5 Å². The fourth-order valence-electron chi connectivity index (χ4n) is 4.17. The molecular formula is C32H46ClN3O4. The van der Waals surface area contributed by atoms with Crippen molar-refractivity contribution in [1.29, 1.82) is 0 Å². The highest BCUT2D eigenvalue weighted by atomic mass is 35.5. The predicted molar refractivity (Wildman–Crippen MR) is 163 cm³/mol. The van der Waals surface area contributed by atoms with Gasteiger partial charge in [0.25, 0.3) is 5.91 Å². The average Bonchev–Trinajstić information content (AvgIpc) is 2.95. The summed E-state index contributed by atoms with van der Waals surface area (Å²) in [5.41, 5.74) is 4.18. The molecule has 0 radical (unpaired) electrons. The standard InChI is InChI=1S/C32H46ClN3O4/c1-3-5-6-7-8-9-10-11-12-13-14-15-31(37)34-24-32(38)36-35-23-27-18-21-29(30(22-27)39-4-2)40-25-26-16-19-28(33)20-17-26/h16-23H,3-15,24-25H2,1-2H3,(H,34,37)(H,36,38)/b35-23+. The lowest BCUT2D eigenvalue weighted by Gasteiger charge is -2.12. The van der Waals surface area contributed by atoms with Gasteiger partial charge in [-0.25, -0.2) is 5.43 Å². The molecule has 0 fully saturated rings. The van der Waals surface area contributed by atoms with Crippen molar-refractivity contribution < 1.29 is 19.1 Å². The lowest BCUT2D eigenvalue weighted by Crippen LogP contribution is -2.34. The van der Waals surface area contributed by atoms with Crippen LogP contribution in [0.1, 0.15) is 102 Å². The maximum Gasteiger partial charge on any atom is 0.259 e. The molecule has 2 amide bonds. The lowest BCUT2D eigenvalue weighted by atomic mass is 10.1. The number of nitrogens with one attached hydrogen (secondary N) is 2. The molecule has 0 aliphatic heterocycles. The number of carbonyl (C=O) groups excluding carboxylic acids is 2. The number of carbonyl (C=O) groups is 2. The van der Waals surface area contributed by atoms with E-state index >= 15 is 0 Å². The molecule has 0 aliphatic rings. The van der Waals surface area contributed by atoms with Gasteiger partial charge in [-0.3, -0.25) is 9.59 Å². The van der Waals surface area contributed by atoms with Gasteiger partial charge in [-0.1, -0.05) is 94.9 Å². The first-order valence-corrected chi connectivity index (χ1v) is 15.1. The third-order valence-corrected chi connectivity index (χ3v) is 6.68. The number of amides is 2. The Kier molecular flexibility index (Phi) is 17.2. The van der Waals surface area contributed by atoms with E-state index in [0.717, 1.165) is 30.4 Å². The number of rotatable bonds is 21. The van der Waals surface area contributed by atoms with Crippen molar-refractivity contribution in [3.8, 4) is 11.5 Å². The molecule has 2 aromatic carbocycles. The Bertz CT molecular complexity index is 1030. The first-order valence-electron chi connectivity index (χ1n) is 14.7. The smallest absolute Gasteiger partial charge is 0.259 e. The number of hydrogen-bond acceptors (Lipinski definition) is 5. The molecule has 0 heterocycles. The van der Waals surface area contributed by atoms with Crippen LogP contribution < -0.4 is 20.2 Å². The predicted octanol–water partition coefficient (Wildman–Crippen LogP) is 7.59. The quantitative estimate of drug-likeness (QED) is 0.0917. The number of unbranched alkanes of at least 4 members (excludes halogenated alkanes) is 10. The van der Waals surface area contributed by atoms with E-state index in [0.29, 0.717) is 36.2 Å². The van der Waals surface area contributed by atoms with Crippen molar-refractivity contribution in [2.24, 2.45) is 5.10 Å². The summed E-state index contributed by atoms with van der Waals surface area (Å²) in [6, 6.07) is 12.9. The number of ether oxygens (including phenoxy) is 2. The topological polar surface area (TPSA) is 89.0 Å². The Morgan fingerprint density at radius 3 is 2.10 bits per heavy atom. The van der Waals surface area contributed by atoms with Gasteiger partial charge in [-0.05, 0) is 54.8 Å². The van der Waals surface area contributed by atoms with E-state index in [1.165, 1.54) is 57.6 Å². The molecule has 0 saturated carbocycles. The van der Waals surface area contributed by atoms with E-state index in [1.807, 2.05) is 37.3 Å². The van der Waals surface area contributed by atoms with Gasteiger partial charge >= 0.3 is 0 Å². The fraction of sp³-hybridized carbons (Fsp3) is 0.531. The Hall–Kier alpha value is -3.06. The van der Waals surface area contributed by atoms with Crippen LogP contribution in [-0.4, -0.2) is 31.2 Å². The molecule has 8 heteroatoms. The van der Waals surface area contributed by atoms with Gasteiger partial charge in [0.15, 0.2) is 11.5 Å². The van der Waals surface area contributed by atoms with Crippen LogP contribution in [0.25, 0.3) is 0 Å². The van der Waals surface area contributed by atoms with E-state index < -0.39 is 0 Å². The Morgan fingerprint density at radius 1 is 0.800 bits per heavy atom. The molecule has 0 atom stereocenters. The summed E-state index contributed by atoms with van der Waals surface area (Å²) in [5, 5.41) is 7.34. The molecule has 0 spiro atoms. The molecule has 0 bridgehead atoms. The monoisotopic (exact) mass is 571 g/mol. The molecule has 7 nitrogen and oxygen atoms in total. The van der Waals surface area contributed by atoms with Crippen molar-refractivity contribution in [3.63, 3.8) is 0 Å². The molecule has 0 aliphatic carbocycles. The molecule has 2 rings (SSSR count). The van der Waals surface area contributed by atoms with Crippen LogP contribution in [0.4, 0.5) is 0 Å². The van der Waals surface area contributed by atoms with E-state index in [9.17, 15) is 9.59 Å². The molecule has 40 heavy (non-hydrogen) atoms. The van der Waals surface area contributed by atoms with Gasteiger partial charge in [0.2, 0.25) is 5.91 Å². The van der Waals surface area contributed by atoms with E-state index in [2.05, 4.69) is 22.8 Å². The molecular weight excluding hydrogens is 526 g/mol. The maximum absolute atomic E-state index is 12.1. The molecule has 0 saturated heterocycles. The summed E-state index contributed by atoms with van der Waals surface area (Å²) >= 11 is 5.94. The van der Waals surface area contributed by atoms with Gasteiger partial charge in [-0.2, -0.15) is 5.10 Å². The lowest BCUT2D eigenvalue weighted by molar-refractivity contribution is -0.126. The summed E-state index contributed by atoms with van der Waals surface area (Å²) in [6.07, 6.45) is 15.6. The van der Waals surface area contributed by atoms with Crippen molar-refractivity contribution in [1.82, 2.24) is 10.7 Å². The molecule has 220 valence electrons. The SMILES string of the molecule is CCCCCCCCCCCCCC(=O)NCC(=O)N/N=C/c1ccc(OCc2ccc(Cl)cc2)c(OCC)c1. The second kappa shape index (κ2) is 20.8. The zero-order valence-electron chi connectivity index (χ0n) is 24.2. The summed E-state index contributed by atoms with van der Waals surface area (Å²) < 4.78 is 11.6. The first-order chi connectivity index (χ1) is 19.5. The number of nitrogens with zero attached hydrogens (tertiary/aromatic N) is 1. The Labute approximate surface area is 245 Å². The Morgan fingerprint density at radius 2 is 1.45 bits per heavy atom. The van der Waals surface area contributed by atoms with Crippen molar-refractivity contribution in [2.75, 3.05) is 13.2 Å². The fourth-order valence-corrected chi connectivity index (χ4v) is 4.30. The molecule has 0 aromatic heterocycles. The second-order valence-corrected chi connectivity index (χ2v) is 10.3. The summed E-state index contributed by atoms with van der Waals surface area (Å²) in [7, 11) is 0. The normalized spacial score (nSPS) is 11.0. The molecule has 2 aromatic rings. The van der Waals surface area contributed by atoms with Crippen molar-refractivity contribution in [3.05, 3.63) is 58.6 Å². The van der Waals surface area contributed by atoms with Crippen LogP contribution in [0, 0.1) is 0 Å². The third kappa shape index (κ3) is 14.9. The minimum Gasteiger partial charge on any atom is -0.490 e. The van der Waals surface area contributed by atoms with Gasteiger partial charge in [0.1, 0.15) is 6.61 Å². The van der Waals surface area contributed by atoms with Crippen molar-refractivity contribution >= 4 is 29.6 Å². The minimum atomic E-state index is -0.378. The van der Waals surface area contributed by atoms with Crippen LogP contribution >= 0.6 is 11.6 Å². The molecule has 2 N–H and O–H groups in total. The number of hydrazone groups is 1. The van der Waals surface area contributed by atoms with E-state index in [1.54, 1.807) is 12.1 Å². The van der Waals surface area contributed by atoms with Crippen LogP contribution in [0.2, 0.25) is 5.02 Å². The zero-order chi connectivity index (χ0) is 28.8. The van der Waals surface area contributed by atoms with Gasteiger partial charge in [0.05, 0.1) is 19.4 Å². The zero-order valence-corrected chi connectivity index (χ0v) is 24.9. The van der Waals surface area contributed by atoms with Crippen molar-refractivity contribution in [2.45, 2.75) is 97.5 Å². The van der Waals surface area contributed by atoms with Crippen LogP contribution in [0.15, 0.2) is 47.6 Å². The van der Waals surface area contributed by atoms with Gasteiger partial charge < -0.3 is 14.8 Å². The van der Waals surface area contributed by atoms with Gasteiger partial charge in [0, 0.05) is 11.4 Å². The maximum atomic E-state index is 12.1. The van der Waals surface area contributed by atoms with Crippen LogP contribution in [-0.2, 0) is 16.2 Å².